The molecular weight excluding hydrogens is 232 g/mol. The molecule has 9 heteroatoms. The molecule has 0 aromatic carbocycles. The van der Waals surface area contributed by atoms with Crippen molar-refractivity contribution in [3.05, 3.63) is 25.8 Å². The monoisotopic (exact) mass is 242 g/mol. The molecule has 1 rings (SSSR count). The third-order valence-electron chi connectivity index (χ3n) is 2.15. The van der Waals surface area contributed by atoms with Gasteiger partial charge in [0.15, 0.2) is 0 Å². The third kappa shape index (κ3) is 2.62. The normalized spacial score (nSPS) is 10.2. The van der Waals surface area contributed by atoms with Crippen LogP contribution in [0, 0.1) is 27.2 Å². The maximum absolute atomic E-state index is 10.8. The molecule has 1 aromatic rings. The summed E-state index contributed by atoms with van der Waals surface area (Å²) in [7, 11) is 0. The van der Waals surface area contributed by atoms with Gasteiger partial charge in [0.2, 0.25) is 0 Å². The van der Waals surface area contributed by atoms with Gasteiger partial charge in [0.25, 0.3) is 0 Å². The number of carbonyl (C=O) groups is 1. The molecule has 0 unspecified atom stereocenters. The van der Waals surface area contributed by atoms with E-state index >= 15 is 0 Å². The minimum atomic E-state index is -0.785. The van der Waals surface area contributed by atoms with E-state index in [0.29, 0.717) is 0 Å². The van der Waals surface area contributed by atoms with Crippen LogP contribution in [0.3, 0.4) is 0 Å². The second-order valence-corrected chi connectivity index (χ2v) is 3.46. The Morgan fingerprint density at radius 3 is 2.35 bits per heavy atom. The van der Waals surface area contributed by atoms with E-state index in [2.05, 4.69) is 5.10 Å². The Morgan fingerprint density at radius 1 is 1.35 bits per heavy atom. The maximum Gasteiger partial charge on any atom is 0.423 e. The number of hydrogen-bond acceptors (Lipinski definition) is 6. The molecule has 0 amide bonds. The zero-order valence-electron chi connectivity index (χ0n) is 9.24. The van der Waals surface area contributed by atoms with Gasteiger partial charge in [-0.3, -0.25) is 4.79 Å². The maximum atomic E-state index is 10.8. The van der Waals surface area contributed by atoms with Crippen molar-refractivity contribution in [1.29, 1.82) is 0 Å². The predicted octanol–water partition coefficient (Wildman–Crippen LogP) is 0.987. The first-order valence-electron chi connectivity index (χ1n) is 4.70. The van der Waals surface area contributed by atoms with Crippen molar-refractivity contribution in [2.45, 2.75) is 26.8 Å². The number of nitro groups is 2. The van der Waals surface area contributed by atoms with Crippen LogP contribution in [-0.2, 0) is 11.3 Å². The summed E-state index contributed by atoms with van der Waals surface area (Å²) in [4.78, 5) is 30.6. The lowest BCUT2D eigenvalue weighted by Crippen LogP contribution is -2.08. The Labute approximate surface area is 95.3 Å². The number of ketones is 1. The minimum Gasteiger partial charge on any atom is -0.358 e. The summed E-state index contributed by atoms with van der Waals surface area (Å²) in [6, 6.07) is 0. The first-order valence-corrected chi connectivity index (χ1v) is 4.70. The Bertz CT molecular complexity index is 492. The number of hydrogen-bond donors (Lipinski definition) is 0. The van der Waals surface area contributed by atoms with Crippen molar-refractivity contribution in [3.8, 4) is 0 Å². The second kappa shape index (κ2) is 4.68. The van der Waals surface area contributed by atoms with Crippen molar-refractivity contribution in [1.82, 2.24) is 9.78 Å². The summed E-state index contributed by atoms with van der Waals surface area (Å²) in [5, 5.41) is 24.9. The smallest absolute Gasteiger partial charge is 0.358 e. The number of carbonyl (C=O) groups excluding carboxylic acids is 1. The highest BCUT2D eigenvalue weighted by atomic mass is 16.6. The highest BCUT2D eigenvalue weighted by Gasteiger charge is 2.33. The van der Waals surface area contributed by atoms with Crippen LogP contribution in [0.15, 0.2) is 0 Å². The minimum absolute atomic E-state index is 0.0408. The van der Waals surface area contributed by atoms with Crippen LogP contribution in [0.2, 0.25) is 0 Å². The molecule has 0 bridgehead atoms. The molecule has 0 saturated heterocycles. The van der Waals surface area contributed by atoms with Crippen molar-refractivity contribution >= 4 is 17.4 Å². The van der Waals surface area contributed by atoms with Gasteiger partial charge >= 0.3 is 11.6 Å². The molecule has 92 valence electrons. The van der Waals surface area contributed by atoms with Gasteiger partial charge in [-0.25, -0.2) is 0 Å². The SMILES string of the molecule is CC(=O)CCn1nc([N+](=O)[O-])c(C)c1[N+](=O)[O-]. The molecule has 0 N–H and O–H groups in total. The highest BCUT2D eigenvalue weighted by Crippen LogP contribution is 2.26. The molecule has 0 aliphatic heterocycles. The first kappa shape index (κ1) is 12.7. The zero-order chi connectivity index (χ0) is 13.2. The summed E-state index contributed by atoms with van der Waals surface area (Å²) < 4.78 is 0.884. The summed E-state index contributed by atoms with van der Waals surface area (Å²) in [6.45, 7) is 2.55. The lowest BCUT2D eigenvalue weighted by molar-refractivity contribution is -0.396. The summed E-state index contributed by atoms with van der Waals surface area (Å²) in [5.74, 6) is -1.17. The van der Waals surface area contributed by atoms with Gasteiger partial charge in [-0.05, 0) is 28.4 Å². The molecular formula is C8H10N4O5. The van der Waals surface area contributed by atoms with E-state index in [1.54, 1.807) is 0 Å². The lowest BCUT2D eigenvalue weighted by atomic mass is 10.3. The van der Waals surface area contributed by atoms with Crippen LogP contribution in [-0.4, -0.2) is 25.4 Å². The molecule has 1 aromatic heterocycles. The van der Waals surface area contributed by atoms with E-state index < -0.39 is 21.5 Å². The molecule has 0 spiro atoms. The quantitative estimate of drug-likeness (QED) is 0.560. The van der Waals surface area contributed by atoms with Crippen molar-refractivity contribution in [2.24, 2.45) is 0 Å². The highest BCUT2D eigenvalue weighted by molar-refractivity contribution is 5.75. The Morgan fingerprint density at radius 2 is 1.94 bits per heavy atom. The summed E-state index contributed by atoms with van der Waals surface area (Å²) >= 11 is 0. The molecule has 0 fully saturated rings. The molecule has 9 nitrogen and oxygen atoms in total. The van der Waals surface area contributed by atoms with E-state index in [1.807, 2.05) is 0 Å². The van der Waals surface area contributed by atoms with Gasteiger partial charge in [-0.1, -0.05) is 0 Å². The molecule has 0 saturated carbocycles. The Balaban J connectivity index is 3.19. The molecule has 0 aliphatic carbocycles. The van der Waals surface area contributed by atoms with Crippen LogP contribution >= 0.6 is 0 Å². The van der Waals surface area contributed by atoms with Crippen LogP contribution < -0.4 is 0 Å². The molecule has 1 heterocycles. The Hall–Kier alpha value is -2.32. The van der Waals surface area contributed by atoms with E-state index in [4.69, 9.17) is 0 Å². The number of Topliss-reactive ketones (excluding diaryl/α,β-unsaturated/α-hetero) is 1. The van der Waals surface area contributed by atoms with E-state index in [1.165, 1.54) is 13.8 Å². The fourth-order valence-electron chi connectivity index (χ4n) is 1.35. The van der Waals surface area contributed by atoms with Crippen molar-refractivity contribution in [2.75, 3.05) is 0 Å². The number of rotatable bonds is 5. The third-order valence-corrected chi connectivity index (χ3v) is 2.15. The molecule has 0 aliphatic rings. The number of aromatic nitrogens is 2. The van der Waals surface area contributed by atoms with Gasteiger partial charge in [-0.2, -0.15) is 0 Å². The average molecular weight is 242 g/mol. The van der Waals surface area contributed by atoms with E-state index in [0.717, 1.165) is 4.68 Å². The second-order valence-electron chi connectivity index (χ2n) is 3.46. The van der Waals surface area contributed by atoms with Crippen molar-refractivity contribution < 1.29 is 14.6 Å². The van der Waals surface area contributed by atoms with Crippen LogP contribution in [0.5, 0.6) is 0 Å². The van der Waals surface area contributed by atoms with Gasteiger partial charge in [0, 0.05) is 6.42 Å². The lowest BCUT2D eigenvalue weighted by Gasteiger charge is -1.94. The average Bonchev–Trinajstić information content (AvgIpc) is 2.52. The molecule has 0 radical (unpaired) electrons. The fourth-order valence-corrected chi connectivity index (χ4v) is 1.35. The summed E-state index contributed by atoms with van der Waals surface area (Å²) in [6.07, 6.45) is 0.0408. The first-order chi connectivity index (χ1) is 7.84. The van der Waals surface area contributed by atoms with Crippen LogP contribution in [0.25, 0.3) is 0 Å². The van der Waals surface area contributed by atoms with Crippen LogP contribution in [0.4, 0.5) is 11.6 Å². The van der Waals surface area contributed by atoms with E-state index in [9.17, 15) is 25.0 Å². The predicted molar refractivity (Wildman–Crippen MR) is 55.6 cm³/mol. The molecule has 17 heavy (non-hydrogen) atoms. The fraction of sp³-hybridized carbons (Fsp3) is 0.500. The standard InChI is InChI=1S/C8H10N4O5/c1-5(13)3-4-10-8(12(16)17)6(2)7(9-10)11(14)15/h3-4H2,1-2H3. The Kier molecular flexibility index (Phi) is 3.51. The number of aryl methyl sites for hydroxylation is 1. The topological polar surface area (TPSA) is 121 Å². The van der Waals surface area contributed by atoms with Gasteiger partial charge in [-0.15, -0.1) is 0 Å². The van der Waals surface area contributed by atoms with Crippen LogP contribution in [0.1, 0.15) is 18.9 Å². The number of nitrogens with zero attached hydrogens (tertiary/aromatic N) is 4. The van der Waals surface area contributed by atoms with Gasteiger partial charge < -0.3 is 20.2 Å². The molecule has 0 atom stereocenters. The van der Waals surface area contributed by atoms with Gasteiger partial charge in [0.05, 0.1) is 0 Å². The van der Waals surface area contributed by atoms with Gasteiger partial charge in [0.1, 0.15) is 23.0 Å². The summed E-state index contributed by atoms with van der Waals surface area (Å²) in [5.41, 5.74) is -0.108. The largest absolute Gasteiger partial charge is 0.423 e. The van der Waals surface area contributed by atoms with E-state index in [-0.39, 0.29) is 24.3 Å². The van der Waals surface area contributed by atoms with Crippen molar-refractivity contribution in [3.63, 3.8) is 0 Å². The zero-order valence-corrected chi connectivity index (χ0v) is 9.24.